The fourth-order valence-electron chi connectivity index (χ4n) is 1.92. The highest BCUT2D eigenvalue weighted by atomic mass is 32.2. The van der Waals surface area contributed by atoms with E-state index in [1.54, 1.807) is 30.3 Å². The van der Waals surface area contributed by atoms with Crippen LogP contribution in [0, 0.1) is 0 Å². The zero-order valence-electron chi connectivity index (χ0n) is 11.3. The number of aromatic carboxylic acids is 1. The Hall–Kier alpha value is -2.34. The van der Waals surface area contributed by atoms with E-state index in [0.717, 1.165) is 6.07 Å². The summed E-state index contributed by atoms with van der Waals surface area (Å²) in [6.45, 7) is 0. The van der Waals surface area contributed by atoms with Gasteiger partial charge < -0.3 is 9.84 Å². The molecular weight excluding hydrogens is 292 g/mol. The number of ether oxygens (including phenoxy) is 1. The van der Waals surface area contributed by atoms with Gasteiger partial charge in [-0.2, -0.15) is 0 Å². The van der Waals surface area contributed by atoms with Gasteiger partial charge in [-0.05, 0) is 23.8 Å². The van der Waals surface area contributed by atoms with Crippen LogP contribution in [0.25, 0.3) is 0 Å². The van der Waals surface area contributed by atoms with Crippen molar-refractivity contribution in [3.63, 3.8) is 0 Å². The van der Waals surface area contributed by atoms with E-state index >= 15 is 0 Å². The number of hydrogen-bond acceptors (Lipinski definition) is 4. The van der Waals surface area contributed by atoms with Gasteiger partial charge in [0.2, 0.25) is 0 Å². The molecule has 2 aromatic carbocycles. The molecule has 110 valence electrons. The first-order valence-electron chi connectivity index (χ1n) is 6.12. The summed E-state index contributed by atoms with van der Waals surface area (Å²) in [6.07, 6.45) is 0. The van der Waals surface area contributed by atoms with Crippen LogP contribution in [-0.2, 0) is 15.6 Å². The van der Waals surface area contributed by atoms with E-state index in [2.05, 4.69) is 0 Å². The summed E-state index contributed by atoms with van der Waals surface area (Å²) in [5, 5.41) is 9.10. The van der Waals surface area contributed by atoms with E-state index < -0.39 is 15.8 Å². The van der Waals surface area contributed by atoms with Gasteiger partial charge in [-0.25, -0.2) is 13.2 Å². The fourth-order valence-corrected chi connectivity index (χ4v) is 3.30. The Labute approximate surface area is 122 Å². The van der Waals surface area contributed by atoms with Crippen molar-refractivity contribution in [3.05, 3.63) is 59.7 Å². The van der Waals surface area contributed by atoms with Gasteiger partial charge in [-0.15, -0.1) is 0 Å². The first-order chi connectivity index (χ1) is 9.94. The van der Waals surface area contributed by atoms with E-state index in [-0.39, 0.29) is 22.0 Å². The minimum absolute atomic E-state index is 0.0375. The fraction of sp³-hybridized carbons (Fsp3) is 0.133. The number of hydrogen-bond donors (Lipinski definition) is 1. The van der Waals surface area contributed by atoms with E-state index in [4.69, 9.17) is 9.84 Å². The molecule has 0 radical (unpaired) electrons. The van der Waals surface area contributed by atoms with E-state index in [0.29, 0.717) is 5.56 Å². The zero-order chi connectivity index (χ0) is 15.5. The molecule has 0 spiro atoms. The lowest BCUT2D eigenvalue weighted by Crippen LogP contribution is -2.08. The number of carboxylic acid groups (broad SMARTS) is 1. The molecular formula is C15H14O5S. The molecule has 0 fully saturated rings. The molecule has 21 heavy (non-hydrogen) atoms. The van der Waals surface area contributed by atoms with Gasteiger partial charge in [0.15, 0.2) is 9.84 Å². The molecule has 0 atom stereocenters. The Kier molecular flexibility index (Phi) is 4.28. The SMILES string of the molecule is COc1ccc(S(=O)(=O)Cc2ccccc2)cc1C(=O)O. The Morgan fingerprint density at radius 3 is 2.38 bits per heavy atom. The molecule has 1 N–H and O–H groups in total. The van der Waals surface area contributed by atoms with Crippen molar-refractivity contribution >= 4 is 15.8 Å². The molecule has 0 saturated carbocycles. The second-order valence-corrected chi connectivity index (χ2v) is 6.40. The molecule has 0 aliphatic rings. The average molecular weight is 306 g/mol. The number of benzene rings is 2. The highest BCUT2D eigenvalue weighted by molar-refractivity contribution is 7.90. The third-order valence-electron chi connectivity index (χ3n) is 2.96. The summed E-state index contributed by atoms with van der Waals surface area (Å²) >= 11 is 0. The predicted octanol–water partition coefficient (Wildman–Crippen LogP) is 2.37. The van der Waals surface area contributed by atoms with Crippen LogP contribution in [0.4, 0.5) is 0 Å². The predicted molar refractivity (Wildman–Crippen MR) is 77.3 cm³/mol. The van der Waals surface area contributed by atoms with Crippen LogP contribution in [0.5, 0.6) is 5.75 Å². The van der Waals surface area contributed by atoms with Crippen molar-refractivity contribution in [1.29, 1.82) is 0 Å². The maximum Gasteiger partial charge on any atom is 0.339 e. The standard InChI is InChI=1S/C15H14O5S/c1-20-14-8-7-12(9-13(14)15(16)17)21(18,19)10-11-5-3-2-4-6-11/h2-9H,10H2,1H3,(H,16,17). The third-order valence-corrected chi connectivity index (χ3v) is 4.65. The lowest BCUT2D eigenvalue weighted by molar-refractivity contribution is 0.0693. The highest BCUT2D eigenvalue weighted by Crippen LogP contribution is 2.24. The number of methoxy groups -OCH3 is 1. The van der Waals surface area contributed by atoms with Crippen molar-refractivity contribution in [2.75, 3.05) is 7.11 Å². The Bertz CT molecular complexity index is 751. The summed E-state index contributed by atoms with van der Waals surface area (Å²) in [5.74, 6) is -1.29. The lowest BCUT2D eigenvalue weighted by Gasteiger charge is -2.09. The topological polar surface area (TPSA) is 80.7 Å². The van der Waals surface area contributed by atoms with E-state index in [1.165, 1.54) is 19.2 Å². The van der Waals surface area contributed by atoms with Crippen LogP contribution in [0.2, 0.25) is 0 Å². The summed E-state index contributed by atoms with van der Waals surface area (Å²) < 4.78 is 29.6. The van der Waals surface area contributed by atoms with Crippen molar-refractivity contribution < 1.29 is 23.1 Å². The van der Waals surface area contributed by atoms with Crippen molar-refractivity contribution in [3.8, 4) is 5.75 Å². The van der Waals surface area contributed by atoms with Gasteiger partial charge in [0.1, 0.15) is 11.3 Å². The molecule has 0 saturated heterocycles. The van der Waals surface area contributed by atoms with Gasteiger partial charge >= 0.3 is 5.97 Å². The van der Waals surface area contributed by atoms with Crippen LogP contribution in [0.3, 0.4) is 0 Å². The first kappa shape index (κ1) is 15.1. The van der Waals surface area contributed by atoms with Gasteiger partial charge in [-0.3, -0.25) is 0 Å². The van der Waals surface area contributed by atoms with Crippen molar-refractivity contribution in [1.82, 2.24) is 0 Å². The Morgan fingerprint density at radius 2 is 1.81 bits per heavy atom. The summed E-state index contributed by atoms with van der Waals surface area (Å²) in [7, 11) is -2.28. The molecule has 6 heteroatoms. The molecule has 2 rings (SSSR count). The molecule has 0 bridgehead atoms. The van der Waals surface area contributed by atoms with E-state index in [9.17, 15) is 13.2 Å². The molecule has 0 aliphatic carbocycles. The Morgan fingerprint density at radius 1 is 1.14 bits per heavy atom. The van der Waals surface area contributed by atoms with Crippen molar-refractivity contribution in [2.45, 2.75) is 10.6 Å². The molecule has 0 heterocycles. The van der Waals surface area contributed by atoms with Crippen LogP contribution in [0.1, 0.15) is 15.9 Å². The largest absolute Gasteiger partial charge is 0.496 e. The van der Waals surface area contributed by atoms with Gasteiger partial charge in [0.05, 0.1) is 17.8 Å². The number of carboxylic acids is 1. The molecule has 0 unspecified atom stereocenters. The second-order valence-electron chi connectivity index (χ2n) is 4.41. The maximum atomic E-state index is 12.3. The molecule has 0 amide bonds. The number of rotatable bonds is 5. The minimum Gasteiger partial charge on any atom is -0.496 e. The quantitative estimate of drug-likeness (QED) is 0.917. The van der Waals surface area contributed by atoms with E-state index in [1.807, 2.05) is 0 Å². The summed E-state index contributed by atoms with van der Waals surface area (Å²) in [6, 6.07) is 12.5. The normalized spacial score (nSPS) is 11.1. The molecule has 0 aliphatic heterocycles. The number of carbonyl (C=O) groups is 1. The van der Waals surface area contributed by atoms with Crippen LogP contribution in [0.15, 0.2) is 53.4 Å². The maximum absolute atomic E-state index is 12.3. The number of sulfone groups is 1. The van der Waals surface area contributed by atoms with Crippen molar-refractivity contribution in [2.24, 2.45) is 0 Å². The molecule has 2 aromatic rings. The van der Waals surface area contributed by atoms with Crippen LogP contribution >= 0.6 is 0 Å². The summed E-state index contributed by atoms with van der Waals surface area (Å²) in [4.78, 5) is 11.1. The van der Waals surface area contributed by atoms with Crippen LogP contribution in [-0.4, -0.2) is 26.6 Å². The Balaban J connectivity index is 2.41. The monoisotopic (exact) mass is 306 g/mol. The zero-order valence-corrected chi connectivity index (χ0v) is 12.1. The highest BCUT2D eigenvalue weighted by Gasteiger charge is 2.20. The van der Waals surface area contributed by atoms with Gasteiger partial charge in [-0.1, -0.05) is 30.3 Å². The molecule has 5 nitrogen and oxygen atoms in total. The summed E-state index contributed by atoms with van der Waals surface area (Å²) in [5.41, 5.74) is 0.469. The third kappa shape index (κ3) is 3.41. The molecule has 0 aromatic heterocycles. The average Bonchev–Trinajstić information content (AvgIpc) is 2.47. The van der Waals surface area contributed by atoms with Gasteiger partial charge in [0, 0.05) is 0 Å². The van der Waals surface area contributed by atoms with Gasteiger partial charge in [0.25, 0.3) is 0 Å². The smallest absolute Gasteiger partial charge is 0.339 e. The second kappa shape index (κ2) is 5.97. The minimum atomic E-state index is -3.61. The van der Waals surface area contributed by atoms with Crippen LogP contribution < -0.4 is 4.74 Å². The lowest BCUT2D eigenvalue weighted by atomic mass is 10.2. The first-order valence-corrected chi connectivity index (χ1v) is 7.77.